The van der Waals surface area contributed by atoms with Gasteiger partial charge in [-0.3, -0.25) is 14.9 Å². The van der Waals surface area contributed by atoms with Gasteiger partial charge in [-0.05, 0) is 24.0 Å². The summed E-state index contributed by atoms with van der Waals surface area (Å²) >= 11 is 0. The average Bonchev–Trinajstić information content (AvgIpc) is 2.40. The number of piperidine rings is 1. The normalized spacial score (nSPS) is 26.0. The summed E-state index contributed by atoms with van der Waals surface area (Å²) in [6, 6.07) is 7.86. The first-order chi connectivity index (χ1) is 9.92. The van der Waals surface area contributed by atoms with Gasteiger partial charge in [-0.2, -0.15) is 0 Å². The first-order valence-corrected chi connectivity index (χ1v) is 7.30. The third-order valence-electron chi connectivity index (χ3n) is 4.65. The Hall–Kier alpha value is -1.68. The number of rotatable bonds is 4. The lowest BCUT2D eigenvalue weighted by atomic mass is 9.61. The van der Waals surface area contributed by atoms with Crippen molar-refractivity contribution in [3.05, 3.63) is 35.4 Å². The molecule has 1 aromatic rings. The fourth-order valence-electron chi connectivity index (χ4n) is 3.38. The van der Waals surface area contributed by atoms with Gasteiger partial charge in [-0.25, -0.2) is 0 Å². The van der Waals surface area contributed by atoms with Crippen molar-refractivity contribution in [3.8, 4) is 0 Å². The van der Waals surface area contributed by atoms with E-state index in [1.807, 2.05) is 31.2 Å². The zero-order chi connectivity index (χ0) is 15.6. The van der Waals surface area contributed by atoms with Gasteiger partial charge in [-0.15, -0.1) is 0 Å². The lowest BCUT2D eigenvalue weighted by Gasteiger charge is -2.45. The second-order valence-corrected chi connectivity index (χ2v) is 6.20. The minimum absolute atomic E-state index is 0.150. The van der Waals surface area contributed by atoms with Gasteiger partial charge in [0.2, 0.25) is 11.8 Å². The van der Waals surface area contributed by atoms with E-state index in [0.29, 0.717) is 13.0 Å². The van der Waals surface area contributed by atoms with Gasteiger partial charge in [-0.1, -0.05) is 38.1 Å². The SMILES string of the molecule is COCC1(C(C)C)CC(=O)NC(=O)C1c1ccccc1C. The van der Waals surface area contributed by atoms with Gasteiger partial charge in [0, 0.05) is 18.9 Å². The Morgan fingerprint density at radius 1 is 1.33 bits per heavy atom. The van der Waals surface area contributed by atoms with E-state index in [9.17, 15) is 9.59 Å². The Balaban J connectivity index is 2.59. The van der Waals surface area contributed by atoms with Crippen molar-refractivity contribution in [2.45, 2.75) is 33.1 Å². The van der Waals surface area contributed by atoms with Crippen molar-refractivity contribution in [2.24, 2.45) is 11.3 Å². The van der Waals surface area contributed by atoms with Gasteiger partial charge < -0.3 is 4.74 Å². The van der Waals surface area contributed by atoms with Crippen molar-refractivity contribution in [2.75, 3.05) is 13.7 Å². The number of carbonyl (C=O) groups is 2. The Kier molecular flexibility index (Phi) is 4.47. The number of carbonyl (C=O) groups excluding carboxylic acids is 2. The number of amides is 2. The van der Waals surface area contributed by atoms with Gasteiger partial charge in [0.05, 0.1) is 12.5 Å². The van der Waals surface area contributed by atoms with Crippen LogP contribution in [0.4, 0.5) is 0 Å². The number of aryl methyl sites for hydroxylation is 1. The molecule has 2 amide bonds. The molecular formula is C17H23NO3. The number of benzene rings is 1. The van der Waals surface area contributed by atoms with Crippen LogP contribution in [0.15, 0.2) is 24.3 Å². The number of nitrogens with one attached hydrogen (secondary N) is 1. The standard InChI is InChI=1S/C17H23NO3/c1-11(2)17(10-21-4)9-14(19)18-16(20)15(17)13-8-6-5-7-12(13)3/h5-8,11,15H,9-10H2,1-4H3,(H,18,19,20). The van der Waals surface area contributed by atoms with Gasteiger partial charge in [0.1, 0.15) is 0 Å². The zero-order valence-corrected chi connectivity index (χ0v) is 13.1. The average molecular weight is 289 g/mol. The van der Waals surface area contributed by atoms with E-state index >= 15 is 0 Å². The number of ether oxygens (including phenoxy) is 1. The fraction of sp³-hybridized carbons (Fsp3) is 0.529. The largest absolute Gasteiger partial charge is 0.384 e. The molecular weight excluding hydrogens is 266 g/mol. The van der Waals surface area contributed by atoms with E-state index in [1.165, 1.54) is 0 Å². The van der Waals surface area contributed by atoms with Crippen LogP contribution >= 0.6 is 0 Å². The van der Waals surface area contributed by atoms with Crippen LogP contribution in [0.3, 0.4) is 0 Å². The van der Waals surface area contributed by atoms with Crippen LogP contribution < -0.4 is 5.32 Å². The summed E-state index contributed by atoms with van der Waals surface area (Å²) in [5.41, 5.74) is 1.54. The lowest BCUT2D eigenvalue weighted by molar-refractivity contribution is -0.145. The summed E-state index contributed by atoms with van der Waals surface area (Å²) in [5.74, 6) is -0.643. The van der Waals surface area contributed by atoms with E-state index in [2.05, 4.69) is 19.2 Å². The topological polar surface area (TPSA) is 55.4 Å². The van der Waals surface area contributed by atoms with Gasteiger partial charge in [0.25, 0.3) is 0 Å². The summed E-state index contributed by atoms with van der Waals surface area (Å²) in [5, 5.41) is 2.49. The van der Waals surface area contributed by atoms with Crippen molar-refractivity contribution < 1.29 is 14.3 Å². The molecule has 1 aromatic carbocycles. The molecule has 0 spiro atoms. The minimum atomic E-state index is -0.500. The molecule has 2 unspecified atom stereocenters. The maximum Gasteiger partial charge on any atom is 0.234 e. The summed E-state index contributed by atoms with van der Waals surface area (Å²) in [4.78, 5) is 24.5. The highest BCUT2D eigenvalue weighted by atomic mass is 16.5. The van der Waals surface area contributed by atoms with Crippen LogP contribution in [-0.2, 0) is 14.3 Å². The first-order valence-electron chi connectivity index (χ1n) is 7.30. The minimum Gasteiger partial charge on any atom is -0.384 e. The molecule has 114 valence electrons. The summed E-state index contributed by atoms with van der Waals surface area (Å²) < 4.78 is 5.40. The van der Waals surface area contributed by atoms with Crippen molar-refractivity contribution in [1.82, 2.24) is 5.32 Å². The quantitative estimate of drug-likeness (QED) is 0.866. The molecule has 1 heterocycles. The molecule has 2 rings (SSSR count). The summed E-state index contributed by atoms with van der Waals surface area (Å²) in [6.45, 7) is 6.49. The smallest absolute Gasteiger partial charge is 0.234 e. The van der Waals surface area contributed by atoms with E-state index < -0.39 is 5.41 Å². The van der Waals surface area contributed by atoms with Crippen LogP contribution in [0.1, 0.15) is 37.3 Å². The monoisotopic (exact) mass is 289 g/mol. The molecule has 1 N–H and O–H groups in total. The number of hydrogen-bond acceptors (Lipinski definition) is 3. The number of imide groups is 1. The lowest BCUT2D eigenvalue weighted by Crippen LogP contribution is -2.55. The fourth-order valence-corrected chi connectivity index (χ4v) is 3.38. The molecule has 0 bridgehead atoms. The Morgan fingerprint density at radius 3 is 2.57 bits per heavy atom. The molecule has 4 heteroatoms. The predicted molar refractivity (Wildman–Crippen MR) is 80.8 cm³/mol. The number of hydrogen-bond donors (Lipinski definition) is 1. The second kappa shape index (κ2) is 5.98. The molecule has 21 heavy (non-hydrogen) atoms. The Labute approximate surface area is 125 Å². The molecule has 1 saturated heterocycles. The summed E-state index contributed by atoms with van der Waals surface area (Å²) in [7, 11) is 1.62. The maximum atomic E-state index is 12.6. The molecule has 1 fully saturated rings. The molecule has 0 radical (unpaired) electrons. The summed E-state index contributed by atoms with van der Waals surface area (Å²) in [6.07, 6.45) is 0.309. The second-order valence-electron chi connectivity index (χ2n) is 6.20. The third-order valence-corrected chi connectivity index (χ3v) is 4.65. The van der Waals surface area contributed by atoms with Crippen LogP contribution in [0, 0.1) is 18.3 Å². The highest BCUT2D eigenvalue weighted by Crippen LogP contribution is 2.48. The van der Waals surface area contributed by atoms with Gasteiger partial charge >= 0.3 is 0 Å². The molecule has 0 aromatic heterocycles. The maximum absolute atomic E-state index is 12.6. The highest BCUT2D eigenvalue weighted by Gasteiger charge is 2.51. The molecule has 4 nitrogen and oxygen atoms in total. The number of methoxy groups -OCH3 is 1. The van der Waals surface area contributed by atoms with Crippen molar-refractivity contribution in [3.63, 3.8) is 0 Å². The molecule has 1 aliphatic rings. The Morgan fingerprint density at radius 2 is 2.00 bits per heavy atom. The zero-order valence-electron chi connectivity index (χ0n) is 13.1. The third kappa shape index (κ3) is 2.72. The van der Waals surface area contributed by atoms with Crippen LogP contribution in [0.25, 0.3) is 0 Å². The van der Waals surface area contributed by atoms with Gasteiger partial charge in [0.15, 0.2) is 0 Å². The van der Waals surface area contributed by atoms with Crippen molar-refractivity contribution in [1.29, 1.82) is 0 Å². The van der Waals surface area contributed by atoms with E-state index in [0.717, 1.165) is 11.1 Å². The Bertz CT molecular complexity index is 553. The van der Waals surface area contributed by atoms with E-state index in [-0.39, 0.29) is 23.7 Å². The van der Waals surface area contributed by atoms with E-state index in [1.54, 1.807) is 7.11 Å². The highest BCUT2D eigenvalue weighted by molar-refractivity contribution is 6.02. The van der Waals surface area contributed by atoms with Crippen LogP contribution in [0.2, 0.25) is 0 Å². The molecule has 2 atom stereocenters. The van der Waals surface area contributed by atoms with Crippen LogP contribution in [-0.4, -0.2) is 25.5 Å². The molecule has 0 aliphatic carbocycles. The molecule has 0 saturated carbocycles. The molecule has 1 aliphatic heterocycles. The van der Waals surface area contributed by atoms with E-state index in [4.69, 9.17) is 4.74 Å². The van der Waals surface area contributed by atoms with Crippen LogP contribution in [0.5, 0.6) is 0 Å². The van der Waals surface area contributed by atoms with Crippen molar-refractivity contribution >= 4 is 11.8 Å². The first kappa shape index (κ1) is 15.7. The predicted octanol–water partition coefficient (Wildman–Crippen LogP) is 2.41.